The van der Waals surface area contributed by atoms with E-state index >= 15 is 0 Å². The minimum absolute atomic E-state index is 0.218. The van der Waals surface area contributed by atoms with Gasteiger partial charge in [0.25, 0.3) is 0 Å². The van der Waals surface area contributed by atoms with E-state index in [1.165, 1.54) is 6.21 Å². The summed E-state index contributed by atoms with van der Waals surface area (Å²) in [6.45, 7) is 6.72. The number of rotatable bonds is 6. The Labute approximate surface area is 152 Å². The van der Waals surface area contributed by atoms with Crippen LogP contribution in [-0.2, 0) is 6.54 Å². The van der Waals surface area contributed by atoms with Crippen molar-refractivity contribution in [2.24, 2.45) is 5.16 Å². The zero-order chi connectivity index (χ0) is 18.7. The van der Waals surface area contributed by atoms with E-state index in [1.54, 1.807) is 12.1 Å². The molecule has 2 aromatic heterocycles. The maximum Gasteiger partial charge on any atom is 0.141 e. The molecule has 136 valence electrons. The second-order valence-corrected chi connectivity index (χ2v) is 6.34. The number of oxime groups is 1. The van der Waals surface area contributed by atoms with E-state index in [0.717, 1.165) is 53.0 Å². The van der Waals surface area contributed by atoms with Gasteiger partial charge >= 0.3 is 0 Å². The summed E-state index contributed by atoms with van der Waals surface area (Å²) >= 11 is 0. The summed E-state index contributed by atoms with van der Waals surface area (Å²) in [5.41, 5.74) is 5.34. The van der Waals surface area contributed by atoms with Gasteiger partial charge in [-0.05, 0) is 38.0 Å². The number of phenols is 1. The van der Waals surface area contributed by atoms with Crippen LogP contribution in [0.3, 0.4) is 0 Å². The van der Waals surface area contributed by atoms with Gasteiger partial charge in [0.1, 0.15) is 11.5 Å². The molecule has 1 aromatic carbocycles. The Morgan fingerprint density at radius 1 is 1.19 bits per heavy atom. The second kappa shape index (κ2) is 7.47. The highest BCUT2D eigenvalue weighted by Gasteiger charge is 2.23. The normalized spacial score (nSPS) is 11.5. The highest BCUT2D eigenvalue weighted by Crippen LogP contribution is 2.39. The molecule has 0 saturated heterocycles. The summed E-state index contributed by atoms with van der Waals surface area (Å²) < 4.78 is 7.47. The molecule has 6 heteroatoms. The van der Waals surface area contributed by atoms with Gasteiger partial charge in [-0.2, -0.15) is 0 Å². The smallest absolute Gasteiger partial charge is 0.141 e. The molecular weight excluding hydrogens is 330 g/mol. The Balaban J connectivity index is 2.30. The third-order valence-corrected chi connectivity index (χ3v) is 4.51. The van der Waals surface area contributed by atoms with E-state index in [0.29, 0.717) is 5.76 Å². The first-order valence-electron chi connectivity index (χ1n) is 8.70. The van der Waals surface area contributed by atoms with Gasteiger partial charge in [0.15, 0.2) is 0 Å². The van der Waals surface area contributed by atoms with Crippen LogP contribution in [0.25, 0.3) is 22.3 Å². The Morgan fingerprint density at radius 3 is 2.50 bits per heavy atom. The van der Waals surface area contributed by atoms with Crippen LogP contribution < -0.4 is 0 Å². The van der Waals surface area contributed by atoms with Crippen molar-refractivity contribution in [1.82, 2.24) is 9.72 Å². The summed E-state index contributed by atoms with van der Waals surface area (Å²) in [7, 11) is 0. The first-order chi connectivity index (χ1) is 12.6. The van der Waals surface area contributed by atoms with E-state index in [2.05, 4.69) is 28.0 Å². The molecule has 0 unspecified atom stereocenters. The summed E-state index contributed by atoms with van der Waals surface area (Å²) in [4.78, 5) is 0. The fourth-order valence-electron chi connectivity index (χ4n) is 3.24. The first-order valence-corrected chi connectivity index (χ1v) is 8.70. The molecule has 3 rings (SSSR count). The summed E-state index contributed by atoms with van der Waals surface area (Å²) in [5.74, 6) is 0.929. The van der Waals surface area contributed by atoms with Crippen molar-refractivity contribution in [3.05, 3.63) is 47.6 Å². The average Bonchev–Trinajstić information content (AvgIpc) is 3.14. The number of nitrogens with zero attached hydrogens (tertiary/aromatic N) is 3. The monoisotopic (exact) mass is 353 g/mol. The zero-order valence-electron chi connectivity index (χ0n) is 15.2. The van der Waals surface area contributed by atoms with E-state index < -0.39 is 0 Å². The molecule has 0 fully saturated rings. The lowest BCUT2D eigenvalue weighted by Crippen LogP contribution is -2.02. The average molecular weight is 353 g/mol. The van der Waals surface area contributed by atoms with Crippen LogP contribution in [0, 0.1) is 13.8 Å². The van der Waals surface area contributed by atoms with Crippen LogP contribution in [-0.4, -0.2) is 26.3 Å². The molecule has 6 nitrogen and oxygen atoms in total. The standard InChI is InChI=1S/C20H23N3O3/c1-4-5-10-23-12-17(15-6-8-16(24)9-7-15)20(18(23)11-21-25)19-13(2)22-26-14(19)3/h6-9,11-12,24-25H,4-5,10H2,1-3H3/b21-11+. The molecule has 0 radical (unpaired) electrons. The van der Waals surface area contributed by atoms with Gasteiger partial charge in [-0.3, -0.25) is 0 Å². The van der Waals surface area contributed by atoms with Gasteiger partial charge in [0, 0.05) is 23.9 Å². The van der Waals surface area contributed by atoms with E-state index in [1.807, 2.05) is 26.0 Å². The number of aryl methyl sites for hydroxylation is 3. The third kappa shape index (κ3) is 3.22. The SMILES string of the molecule is CCCCn1cc(-c2ccc(O)cc2)c(-c2c(C)noc2C)c1/C=N/O. The molecule has 0 bridgehead atoms. The summed E-state index contributed by atoms with van der Waals surface area (Å²) in [6.07, 6.45) is 5.58. The largest absolute Gasteiger partial charge is 0.508 e. The molecule has 0 spiro atoms. The molecule has 26 heavy (non-hydrogen) atoms. The molecule has 0 aliphatic rings. The van der Waals surface area contributed by atoms with Crippen LogP contribution in [0.15, 0.2) is 40.1 Å². The predicted octanol–water partition coefficient (Wildman–Crippen LogP) is 4.74. The van der Waals surface area contributed by atoms with Crippen molar-refractivity contribution in [2.75, 3.05) is 0 Å². The predicted molar refractivity (Wildman–Crippen MR) is 101 cm³/mol. The topological polar surface area (TPSA) is 83.8 Å². The lowest BCUT2D eigenvalue weighted by atomic mass is 9.96. The number of hydrogen-bond acceptors (Lipinski definition) is 5. The first kappa shape index (κ1) is 17.8. The number of aromatic nitrogens is 2. The highest BCUT2D eigenvalue weighted by atomic mass is 16.5. The van der Waals surface area contributed by atoms with Crippen LogP contribution in [0.5, 0.6) is 5.75 Å². The van der Waals surface area contributed by atoms with Gasteiger partial charge < -0.3 is 19.4 Å². The molecule has 3 aromatic rings. The van der Waals surface area contributed by atoms with Gasteiger partial charge in [0.2, 0.25) is 0 Å². The number of phenolic OH excluding ortho intramolecular Hbond substituents is 1. The van der Waals surface area contributed by atoms with Crippen LogP contribution in [0.2, 0.25) is 0 Å². The maximum absolute atomic E-state index is 9.62. The van der Waals surface area contributed by atoms with Crippen molar-refractivity contribution < 1.29 is 14.8 Å². The molecule has 0 aliphatic carbocycles. The molecular formula is C20H23N3O3. The van der Waals surface area contributed by atoms with Gasteiger partial charge in [-0.1, -0.05) is 35.8 Å². The van der Waals surface area contributed by atoms with Crippen LogP contribution >= 0.6 is 0 Å². The lowest BCUT2D eigenvalue weighted by Gasteiger charge is -2.07. The lowest BCUT2D eigenvalue weighted by molar-refractivity contribution is 0.321. The second-order valence-electron chi connectivity index (χ2n) is 6.34. The number of unbranched alkanes of at least 4 members (excludes halogenated alkanes) is 1. The highest BCUT2D eigenvalue weighted by molar-refractivity contribution is 5.97. The molecule has 0 atom stereocenters. The fourth-order valence-corrected chi connectivity index (χ4v) is 3.24. The Morgan fingerprint density at radius 2 is 1.92 bits per heavy atom. The Bertz CT molecular complexity index is 901. The van der Waals surface area contributed by atoms with Gasteiger partial charge in [-0.25, -0.2) is 0 Å². The summed E-state index contributed by atoms with van der Waals surface area (Å²) in [5, 5.41) is 26.2. The van der Waals surface area contributed by atoms with Crippen molar-refractivity contribution in [3.8, 4) is 28.0 Å². The van der Waals surface area contributed by atoms with E-state index in [9.17, 15) is 10.3 Å². The summed E-state index contributed by atoms with van der Waals surface area (Å²) in [6, 6.07) is 7.07. The van der Waals surface area contributed by atoms with Gasteiger partial charge in [-0.15, -0.1) is 0 Å². The Kier molecular flexibility index (Phi) is 5.11. The molecule has 0 aliphatic heterocycles. The number of hydrogen-bond donors (Lipinski definition) is 2. The van der Waals surface area contributed by atoms with Crippen molar-refractivity contribution >= 4 is 6.21 Å². The van der Waals surface area contributed by atoms with E-state index in [4.69, 9.17) is 4.52 Å². The molecule has 0 amide bonds. The minimum atomic E-state index is 0.218. The number of aromatic hydroxyl groups is 1. The quantitative estimate of drug-likeness (QED) is 0.381. The molecule has 0 saturated carbocycles. The van der Waals surface area contributed by atoms with Crippen molar-refractivity contribution in [3.63, 3.8) is 0 Å². The zero-order valence-corrected chi connectivity index (χ0v) is 15.2. The van der Waals surface area contributed by atoms with Gasteiger partial charge in [0.05, 0.1) is 23.2 Å². The fraction of sp³-hybridized carbons (Fsp3) is 0.300. The van der Waals surface area contributed by atoms with Crippen LogP contribution in [0.4, 0.5) is 0 Å². The third-order valence-electron chi connectivity index (χ3n) is 4.51. The molecule has 2 heterocycles. The Hall–Kier alpha value is -3.02. The van der Waals surface area contributed by atoms with Crippen molar-refractivity contribution in [2.45, 2.75) is 40.2 Å². The molecule has 2 N–H and O–H groups in total. The van der Waals surface area contributed by atoms with Crippen LogP contribution in [0.1, 0.15) is 36.9 Å². The minimum Gasteiger partial charge on any atom is -0.508 e. The number of benzene rings is 1. The van der Waals surface area contributed by atoms with E-state index in [-0.39, 0.29) is 5.75 Å². The maximum atomic E-state index is 9.62. The van der Waals surface area contributed by atoms with Crippen molar-refractivity contribution in [1.29, 1.82) is 0 Å².